The molecule has 120 valence electrons. The third kappa shape index (κ3) is 4.96. The van der Waals surface area contributed by atoms with E-state index in [1.54, 1.807) is 27.0 Å². The van der Waals surface area contributed by atoms with E-state index in [1.807, 2.05) is 0 Å². The van der Waals surface area contributed by atoms with Gasteiger partial charge in [-0.05, 0) is 30.3 Å². The van der Waals surface area contributed by atoms with Crippen molar-refractivity contribution in [3.8, 4) is 0 Å². The number of carbonyl (C=O) groups excluding carboxylic acids is 2. The topological polar surface area (TPSA) is 82.3 Å². The van der Waals surface area contributed by atoms with Crippen molar-refractivity contribution in [2.75, 3.05) is 7.05 Å². The fourth-order valence-corrected chi connectivity index (χ4v) is 1.71. The van der Waals surface area contributed by atoms with Gasteiger partial charge in [0.1, 0.15) is 11.9 Å². The molecule has 0 aliphatic rings. The van der Waals surface area contributed by atoms with Gasteiger partial charge in [-0.2, -0.15) is 0 Å². The molecular formula is C14H19FN4O2S. The van der Waals surface area contributed by atoms with Crippen LogP contribution < -0.4 is 21.5 Å². The van der Waals surface area contributed by atoms with Gasteiger partial charge in [-0.25, -0.2) is 4.39 Å². The summed E-state index contributed by atoms with van der Waals surface area (Å²) in [6.45, 7) is 3.53. The molecule has 0 heterocycles. The first kappa shape index (κ1) is 17.8. The molecule has 0 bridgehead atoms. The normalized spacial score (nSPS) is 11.5. The summed E-state index contributed by atoms with van der Waals surface area (Å²) in [5.41, 5.74) is 4.76. The van der Waals surface area contributed by atoms with E-state index in [2.05, 4.69) is 21.5 Å². The summed E-state index contributed by atoms with van der Waals surface area (Å²) in [6, 6.07) is 4.75. The fourth-order valence-electron chi connectivity index (χ4n) is 1.66. The first-order valence-corrected chi connectivity index (χ1v) is 7.10. The summed E-state index contributed by atoms with van der Waals surface area (Å²) < 4.78 is 13.6. The molecule has 0 radical (unpaired) electrons. The minimum Gasteiger partial charge on any atom is -0.364 e. The number of amides is 2. The van der Waals surface area contributed by atoms with Crippen molar-refractivity contribution in [2.24, 2.45) is 5.92 Å². The summed E-state index contributed by atoms with van der Waals surface area (Å²) in [7, 11) is 1.60. The minimum atomic E-state index is -0.834. The second kappa shape index (κ2) is 8.28. The van der Waals surface area contributed by atoms with Crippen molar-refractivity contribution in [3.05, 3.63) is 35.6 Å². The molecule has 1 aromatic carbocycles. The van der Waals surface area contributed by atoms with Gasteiger partial charge in [0.15, 0.2) is 5.11 Å². The van der Waals surface area contributed by atoms with E-state index in [1.165, 1.54) is 18.2 Å². The average Bonchev–Trinajstić information content (AvgIpc) is 2.49. The van der Waals surface area contributed by atoms with Gasteiger partial charge in [0.2, 0.25) is 0 Å². The lowest BCUT2D eigenvalue weighted by Crippen LogP contribution is -2.55. The Morgan fingerprint density at radius 3 is 2.36 bits per heavy atom. The average molecular weight is 326 g/mol. The van der Waals surface area contributed by atoms with Crippen LogP contribution in [0.15, 0.2) is 24.3 Å². The van der Waals surface area contributed by atoms with Crippen LogP contribution in [0, 0.1) is 11.7 Å². The maximum Gasteiger partial charge on any atom is 0.261 e. The molecule has 1 rings (SSSR count). The van der Waals surface area contributed by atoms with Crippen molar-refractivity contribution in [3.63, 3.8) is 0 Å². The lowest BCUT2D eigenvalue weighted by molar-refractivity contribution is -0.124. The SMILES string of the molecule is CNC(=S)NNC(=O)[C@@H](NC(=O)c1ccccc1F)C(C)C. The maximum absolute atomic E-state index is 13.6. The third-order valence-electron chi connectivity index (χ3n) is 2.88. The highest BCUT2D eigenvalue weighted by Crippen LogP contribution is 2.08. The number of carbonyl (C=O) groups is 2. The molecular weight excluding hydrogens is 307 g/mol. The van der Waals surface area contributed by atoms with E-state index in [4.69, 9.17) is 12.2 Å². The summed E-state index contributed by atoms with van der Waals surface area (Å²) in [5, 5.41) is 5.38. The van der Waals surface area contributed by atoms with E-state index >= 15 is 0 Å². The van der Waals surface area contributed by atoms with Gasteiger partial charge in [0, 0.05) is 7.05 Å². The van der Waals surface area contributed by atoms with E-state index in [0.29, 0.717) is 0 Å². The second-order valence-electron chi connectivity index (χ2n) is 4.87. The van der Waals surface area contributed by atoms with Crippen molar-refractivity contribution >= 4 is 29.1 Å². The zero-order valence-corrected chi connectivity index (χ0v) is 13.4. The number of thiocarbonyl (C=S) groups is 1. The molecule has 0 aromatic heterocycles. The Morgan fingerprint density at radius 2 is 1.82 bits per heavy atom. The predicted molar refractivity (Wildman–Crippen MR) is 85.4 cm³/mol. The molecule has 0 fully saturated rings. The van der Waals surface area contributed by atoms with E-state index in [9.17, 15) is 14.0 Å². The Labute approximate surface area is 133 Å². The molecule has 1 atom stereocenters. The largest absolute Gasteiger partial charge is 0.364 e. The van der Waals surface area contributed by atoms with E-state index in [-0.39, 0.29) is 16.6 Å². The highest BCUT2D eigenvalue weighted by atomic mass is 32.1. The van der Waals surface area contributed by atoms with Gasteiger partial charge >= 0.3 is 0 Å². The second-order valence-corrected chi connectivity index (χ2v) is 5.28. The van der Waals surface area contributed by atoms with Gasteiger partial charge in [0.25, 0.3) is 11.8 Å². The standard InChI is InChI=1S/C14H19FN4O2S/c1-8(2)11(13(21)18-19-14(22)16-3)17-12(20)9-6-4-5-7-10(9)15/h4-8,11H,1-3H3,(H,17,20)(H,18,21)(H2,16,19,22)/t11-/m0/s1. The first-order chi connectivity index (χ1) is 10.4. The fraction of sp³-hybridized carbons (Fsp3) is 0.357. The van der Waals surface area contributed by atoms with Crippen LogP contribution in [0.4, 0.5) is 4.39 Å². The van der Waals surface area contributed by atoms with Crippen LogP contribution in [0.2, 0.25) is 0 Å². The van der Waals surface area contributed by atoms with Gasteiger partial charge in [-0.3, -0.25) is 20.4 Å². The van der Waals surface area contributed by atoms with Crippen molar-refractivity contribution in [1.82, 2.24) is 21.5 Å². The van der Waals surface area contributed by atoms with Crippen LogP contribution in [0.25, 0.3) is 0 Å². The number of hydrogen-bond acceptors (Lipinski definition) is 3. The smallest absolute Gasteiger partial charge is 0.261 e. The Hall–Kier alpha value is -2.22. The number of halogens is 1. The summed E-state index contributed by atoms with van der Waals surface area (Å²) in [5.74, 6) is -1.96. The number of hydrogen-bond donors (Lipinski definition) is 4. The summed E-state index contributed by atoms with van der Waals surface area (Å²) >= 11 is 4.83. The highest BCUT2D eigenvalue weighted by molar-refractivity contribution is 7.80. The molecule has 0 spiro atoms. The van der Waals surface area contributed by atoms with Crippen molar-refractivity contribution in [2.45, 2.75) is 19.9 Å². The molecule has 0 saturated heterocycles. The number of nitrogens with one attached hydrogen (secondary N) is 4. The third-order valence-corrected chi connectivity index (χ3v) is 3.19. The maximum atomic E-state index is 13.6. The van der Waals surface area contributed by atoms with Crippen LogP contribution in [0.1, 0.15) is 24.2 Å². The monoisotopic (exact) mass is 326 g/mol. The van der Waals surface area contributed by atoms with Gasteiger partial charge in [-0.15, -0.1) is 0 Å². The Bertz CT molecular complexity index is 566. The summed E-state index contributed by atoms with van der Waals surface area (Å²) in [6.07, 6.45) is 0. The highest BCUT2D eigenvalue weighted by Gasteiger charge is 2.25. The molecule has 1 aromatic rings. The predicted octanol–water partition coefficient (Wildman–Crippen LogP) is 0.705. The molecule has 4 N–H and O–H groups in total. The molecule has 0 unspecified atom stereocenters. The number of hydrazine groups is 1. The molecule has 8 heteroatoms. The van der Waals surface area contributed by atoms with Crippen LogP contribution in [0.5, 0.6) is 0 Å². The van der Waals surface area contributed by atoms with Crippen LogP contribution >= 0.6 is 12.2 Å². The molecule has 0 aliphatic carbocycles. The number of rotatable bonds is 4. The molecule has 0 aliphatic heterocycles. The molecule has 6 nitrogen and oxygen atoms in total. The van der Waals surface area contributed by atoms with Gasteiger partial charge in [-0.1, -0.05) is 26.0 Å². The Balaban J connectivity index is 2.76. The van der Waals surface area contributed by atoms with Crippen molar-refractivity contribution in [1.29, 1.82) is 0 Å². The zero-order chi connectivity index (χ0) is 16.7. The lowest BCUT2D eigenvalue weighted by Gasteiger charge is -2.22. The summed E-state index contributed by atoms with van der Waals surface area (Å²) in [4.78, 5) is 24.2. The number of benzene rings is 1. The van der Waals surface area contributed by atoms with Gasteiger partial charge in [0.05, 0.1) is 5.56 Å². The van der Waals surface area contributed by atoms with Crippen LogP contribution in [0.3, 0.4) is 0 Å². The Kier molecular flexibility index (Phi) is 6.71. The quantitative estimate of drug-likeness (QED) is 0.484. The van der Waals surface area contributed by atoms with Crippen LogP contribution in [-0.4, -0.2) is 30.0 Å². The van der Waals surface area contributed by atoms with Gasteiger partial charge < -0.3 is 10.6 Å². The first-order valence-electron chi connectivity index (χ1n) is 6.69. The Morgan fingerprint density at radius 1 is 1.18 bits per heavy atom. The van der Waals surface area contributed by atoms with E-state index < -0.39 is 23.7 Å². The zero-order valence-electron chi connectivity index (χ0n) is 12.6. The molecule has 0 saturated carbocycles. The van der Waals surface area contributed by atoms with E-state index in [0.717, 1.165) is 0 Å². The minimum absolute atomic E-state index is 0.111. The lowest BCUT2D eigenvalue weighted by atomic mass is 10.0. The van der Waals surface area contributed by atoms with Crippen LogP contribution in [-0.2, 0) is 4.79 Å². The molecule has 2 amide bonds. The molecule has 22 heavy (non-hydrogen) atoms. The van der Waals surface area contributed by atoms with Crippen molar-refractivity contribution < 1.29 is 14.0 Å².